The average molecular weight is 281 g/mol. The first-order chi connectivity index (χ1) is 9.50. The number of aliphatic hydroxyl groups is 1. The zero-order valence-corrected chi connectivity index (χ0v) is 12.6. The summed E-state index contributed by atoms with van der Waals surface area (Å²) in [5.74, 6) is 0.263. The van der Waals surface area contributed by atoms with Gasteiger partial charge < -0.3 is 15.3 Å². The first-order valence-corrected chi connectivity index (χ1v) is 7.96. The second-order valence-corrected chi connectivity index (χ2v) is 7.02. The van der Waals surface area contributed by atoms with E-state index in [2.05, 4.69) is 29.0 Å². The summed E-state index contributed by atoms with van der Waals surface area (Å²) in [7, 11) is 0. The molecule has 0 aromatic carbocycles. The molecule has 3 fully saturated rings. The van der Waals surface area contributed by atoms with Gasteiger partial charge in [0.25, 0.3) is 0 Å². The Bertz CT molecular complexity index is 365. The third-order valence-electron chi connectivity index (χ3n) is 5.37. The second-order valence-electron chi connectivity index (χ2n) is 7.02. The molecule has 20 heavy (non-hydrogen) atoms. The lowest BCUT2D eigenvalue weighted by Crippen LogP contribution is -2.63. The minimum Gasteiger partial charge on any atom is -0.393 e. The molecule has 0 aromatic rings. The molecule has 3 saturated heterocycles. The van der Waals surface area contributed by atoms with Crippen LogP contribution in [0.25, 0.3) is 0 Å². The standard InChI is InChI=1S/C15H27N3O2/c1-15(2,17-7-5-16-6-8-17)14(20)18-11-3-4-12(18)10-13(19)9-11/h11-13,16,19H,3-10H2,1-2H3. The highest BCUT2D eigenvalue weighted by atomic mass is 16.3. The third kappa shape index (κ3) is 2.36. The molecule has 3 aliphatic rings. The van der Waals surface area contributed by atoms with E-state index in [0.29, 0.717) is 0 Å². The molecule has 3 heterocycles. The van der Waals surface area contributed by atoms with Gasteiger partial charge in [-0.25, -0.2) is 0 Å². The summed E-state index contributed by atoms with van der Waals surface area (Å²) in [4.78, 5) is 17.5. The molecule has 3 aliphatic heterocycles. The van der Waals surface area contributed by atoms with Crippen molar-refractivity contribution >= 4 is 5.91 Å². The quantitative estimate of drug-likeness (QED) is 0.758. The van der Waals surface area contributed by atoms with Crippen molar-refractivity contribution in [3.8, 4) is 0 Å². The highest BCUT2D eigenvalue weighted by Crippen LogP contribution is 2.38. The summed E-state index contributed by atoms with van der Waals surface area (Å²) in [5, 5.41) is 13.2. The number of nitrogens with zero attached hydrogens (tertiary/aromatic N) is 2. The van der Waals surface area contributed by atoms with Crippen LogP contribution in [0, 0.1) is 0 Å². The van der Waals surface area contributed by atoms with Gasteiger partial charge in [0.15, 0.2) is 0 Å². The summed E-state index contributed by atoms with van der Waals surface area (Å²) < 4.78 is 0. The number of hydrogen-bond donors (Lipinski definition) is 2. The van der Waals surface area contributed by atoms with E-state index >= 15 is 0 Å². The number of nitrogens with one attached hydrogen (secondary N) is 1. The van der Waals surface area contributed by atoms with Crippen LogP contribution >= 0.6 is 0 Å². The van der Waals surface area contributed by atoms with Gasteiger partial charge in [0, 0.05) is 38.3 Å². The van der Waals surface area contributed by atoms with Crippen molar-refractivity contribution in [3.63, 3.8) is 0 Å². The molecule has 2 N–H and O–H groups in total. The lowest BCUT2D eigenvalue weighted by atomic mass is 9.93. The molecule has 3 rings (SSSR count). The third-order valence-corrected chi connectivity index (χ3v) is 5.37. The van der Waals surface area contributed by atoms with Crippen LogP contribution in [0.5, 0.6) is 0 Å². The molecular weight excluding hydrogens is 254 g/mol. The minimum absolute atomic E-state index is 0.209. The van der Waals surface area contributed by atoms with E-state index in [4.69, 9.17) is 0 Å². The van der Waals surface area contributed by atoms with Gasteiger partial charge in [0.1, 0.15) is 0 Å². The van der Waals surface area contributed by atoms with Crippen molar-refractivity contribution < 1.29 is 9.90 Å². The first kappa shape index (κ1) is 14.3. The van der Waals surface area contributed by atoms with E-state index in [1.165, 1.54) is 0 Å². The molecule has 0 spiro atoms. The fourth-order valence-electron chi connectivity index (χ4n) is 4.15. The Kier molecular flexibility index (Phi) is 3.77. The van der Waals surface area contributed by atoms with Crippen LogP contribution in [0.3, 0.4) is 0 Å². The molecule has 0 radical (unpaired) electrons. The Morgan fingerprint density at radius 1 is 1.15 bits per heavy atom. The fraction of sp³-hybridized carbons (Fsp3) is 0.933. The zero-order valence-electron chi connectivity index (χ0n) is 12.6. The maximum atomic E-state index is 13.1. The number of carbonyl (C=O) groups is 1. The topological polar surface area (TPSA) is 55.8 Å². The summed E-state index contributed by atoms with van der Waals surface area (Å²) in [6.07, 6.45) is 3.44. The molecule has 2 unspecified atom stereocenters. The summed E-state index contributed by atoms with van der Waals surface area (Å²) in [6, 6.07) is 0.525. The Hall–Kier alpha value is -0.650. The fourth-order valence-corrected chi connectivity index (χ4v) is 4.15. The van der Waals surface area contributed by atoms with Crippen LogP contribution in [0.2, 0.25) is 0 Å². The SMILES string of the molecule is CC(C)(C(=O)N1C2CCC1CC(O)C2)N1CCNCC1. The molecule has 5 heteroatoms. The van der Waals surface area contributed by atoms with Gasteiger partial charge in [-0.05, 0) is 39.5 Å². The van der Waals surface area contributed by atoms with Crippen LogP contribution in [0.1, 0.15) is 39.5 Å². The number of hydrogen-bond acceptors (Lipinski definition) is 4. The molecule has 0 saturated carbocycles. The smallest absolute Gasteiger partial charge is 0.243 e. The second kappa shape index (κ2) is 5.28. The summed E-state index contributed by atoms with van der Waals surface area (Å²) in [5.41, 5.74) is -0.425. The van der Waals surface area contributed by atoms with Crippen LogP contribution in [0.4, 0.5) is 0 Å². The normalized spacial score (nSPS) is 35.4. The van der Waals surface area contributed by atoms with E-state index in [-0.39, 0.29) is 24.1 Å². The van der Waals surface area contributed by atoms with Crippen molar-refractivity contribution in [1.82, 2.24) is 15.1 Å². The van der Waals surface area contributed by atoms with E-state index in [9.17, 15) is 9.90 Å². The van der Waals surface area contributed by atoms with Crippen molar-refractivity contribution in [3.05, 3.63) is 0 Å². The molecule has 1 amide bonds. The van der Waals surface area contributed by atoms with Gasteiger partial charge >= 0.3 is 0 Å². The number of aliphatic hydroxyl groups excluding tert-OH is 1. The molecule has 2 atom stereocenters. The molecular formula is C15H27N3O2. The largest absolute Gasteiger partial charge is 0.393 e. The van der Waals surface area contributed by atoms with E-state index in [1.54, 1.807) is 0 Å². The van der Waals surface area contributed by atoms with Crippen LogP contribution in [-0.2, 0) is 4.79 Å². The predicted molar refractivity (Wildman–Crippen MR) is 77.4 cm³/mol. The van der Waals surface area contributed by atoms with E-state index < -0.39 is 5.54 Å². The van der Waals surface area contributed by atoms with Crippen molar-refractivity contribution in [1.29, 1.82) is 0 Å². The number of piperidine rings is 1. The molecule has 0 aliphatic carbocycles. The van der Waals surface area contributed by atoms with Gasteiger partial charge in [-0.2, -0.15) is 0 Å². The summed E-state index contributed by atoms with van der Waals surface area (Å²) >= 11 is 0. The van der Waals surface area contributed by atoms with Crippen LogP contribution in [-0.4, -0.2) is 70.7 Å². The number of piperazine rings is 1. The van der Waals surface area contributed by atoms with E-state index in [1.807, 2.05) is 0 Å². The highest BCUT2D eigenvalue weighted by Gasteiger charge is 2.48. The molecule has 2 bridgehead atoms. The number of rotatable bonds is 2. The first-order valence-electron chi connectivity index (χ1n) is 7.96. The van der Waals surface area contributed by atoms with Crippen LogP contribution < -0.4 is 5.32 Å². The minimum atomic E-state index is -0.425. The monoisotopic (exact) mass is 281 g/mol. The average Bonchev–Trinajstić information content (AvgIpc) is 2.70. The molecule has 114 valence electrons. The Balaban J connectivity index is 1.74. The number of amides is 1. The Morgan fingerprint density at radius 3 is 2.25 bits per heavy atom. The summed E-state index contributed by atoms with van der Waals surface area (Å²) in [6.45, 7) is 7.91. The van der Waals surface area contributed by atoms with Crippen molar-refractivity contribution in [2.24, 2.45) is 0 Å². The molecule has 5 nitrogen and oxygen atoms in total. The van der Waals surface area contributed by atoms with Gasteiger partial charge in [-0.15, -0.1) is 0 Å². The number of fused-ring (bicyclic) bond motifs is 2. The maximum Gasteiger partial charge on any atom is 0.243 e. The maximum absolute atomic E-state index is 13.1. The highest BCUT2D eigenvalue weighted by molar-refractivity contribution is 5.86. The zero-order chi connectivity index (χ0) is 14.3. The van der Waals surface area contributed by atoms with E-state index in [0.717, 1.165) is 51.9 Å². The van der Waals surface area contributed by atoms with Crippen LogP contribution in [0.15, 0.2) is 0 Å². The van der Waals surface area contributed by atoms with Gasteiger partial charge in [-0.3, -0.25) is 9.69 Å². The van der Waals surface area contributed by atoms with Gasteiger partial charge in [-0.1, -0.05) is 0 Å². The Morgan fingerprint density at radius 2 is 1.70 bits per heavy atom. The predicted octanol–water partition coefficient (Wildman–Crippen LogP) is 0.185. The lowest BCUT2D eigenvalue weighted by Gasteiger charge is -2.46. The van der Waals surface area contributed by atoms with Gasteiger partial charge in [0.05, 0.1) is 11.6 Å². The van der Waals surface area contributed by atoms with Gasteiger partial charge in [0.2, 0.25) is 5.91 Å². The van der Waals surface area contributed by atoms with Crippen molar-refractivity contribution in [2.45, 2.75) is 63.3 Å². The Labute approximate surface area is 121 Å². The number of carbonyl (C=O) groups excluding carboxylic acids is 1. The lowest BCUT2D eigenvalue weighted by molar-refractivity contribution is -0.149. The molecule has 0 aromatic heterocycles. The van der Waals surface area contributed by atoms with Crippen molar-refractivity contribution in [2.75, 3.05) is 26.2 Å².